The zero-order chi connectivity index (χ0) is 16.6. The minimum absolute atomic E-state index is 0. The summed E-state index contributed by atoms with van der Waals surface area (Å²) >= 11 is 0. The van der Waals surface area contributed by atoms with Gasteiger partial charge in [-0.15, -0.1) is 0 Å². The number of carbonyl (C=O) groups is 4. The minimum Gasteiger partial charge on any atom is -0.480 e. The van der Waals surface area contributed by atoms with Crippen molar-refractivity contribution < 1.29 is 56.7 Å². The Morgan fingerprint density at radius 3 is 1.36 bits per heavy atom. The van der Waals surface area contributed by atoms with Crippen LogP contribution in [0.5, 0.6) is 0 Å². The first-order valence-electron chi connectivity index (χ1n) is 5.95. The first kappa shape index (κ1) is 22.6. The summed E-state index contributed by atoms with van der Waals surface area (Å²) in [5.41, 5.74) is 0. The molecule has 1 atom stereocenters. The van der Waals surface area contributed by atoms with Gasteiger partial charge in [0.15, 0.2) is 0 Å². The molecule has 0 aromatic heterocycles. The Labute approximate surface area is 136 Å². The molecule has 22 heavy (non-hydrogen) atoms. The van der Waals surface area contributed by atoms with Gasteiger partial charge in [-0.05, 0) is 6.92 Å². The Morgan fingerprint density at radius 2 is 1.09 bits per heavy atom. The Hall–Kier alpha value is -1.68. The quantitative estimate of drug-likeness (QED) is 0.313. The van der Waals surface area contributed by atoms with Gasteiger partial charge in [0.05, 0.1) is 26.2 Å². The first-order chi connectivity index (χ1) is 9.61. The molecular weight excluding hydrogens is 343 g/mol. The summed E-state index contributed by atoms with van der Waals surface area (Å²) in [6, 6.07) is -0.643. The van der Waals surface area contributed by atoms with E-state index in [0.29, 0.717) is 0 Å². The molecule has 0 aliphatic rings. The number of hydrogen-bond donors (Lipinski definition) is 4. The maximum Gasteiger partial charge on any atom is 2.00 e. The van der Waals surface area contributed by atoms with Crippen molar-refractivity contribution in [3.8, 4) is 0 Å². The van der Waals surface area contributed by atoms with E-state index in [-0.39, 0.29) is 23.6 Å². The van der Waals surface area contributed by atoms with Gasteiger partial charge in [0.2, 0.25) is 0 Å². The zero-order valence-corrected chi connectivity index (χ0v) is 13.0. The van der Waals surface area contributed by atoms with Crippen molar-refractivity contribution in [3.63, 3.8) is 0 Å². The maximum atomic E-state index is 10.7. The van der Waals surface area contributed by atoms with E-state index in [9.17, 15) is 19.2 Å². The van der Waals surface area contributed by atoms with Crippen LogP contribution in [0.3, 0.4) is 0 Å². The molecule has 10 nitrogen and oxygen atoms in total. The van der Waals surface area contributed by atoms with Crippen molar-refractivity contribution in [1.82, 2.24) is 9.80 Å². The van der Waals surface area contributed by atoms with Crippen LogP contribution in [0.15, 0.2) is 0 Å². The number of hydrogen-bond acceptors (Lipinski definition) is 6. The van der Waals surface area contributed by atoms with Gasteiger partial charge in [-0.3, -0.25) is 29.0 Å². The van der Waals surface area contributed by atoms with Crippen LogP contribution in [-0.2, 0) is 36.2 Å². The third kappa shape index (κ3) is 11.0. The molecule has 0 aromatic rings. The Kier molecular flexibility index (Phi) is 11.3. The molecule has 11 heteroatoms. The average Bonchev–Trinajstić information content (AvgIpc) is 2.24. The predicted molar refractivity (Wildman–Crippen MR) is 68.0 cm³/mol. The molecule has 0 rings (SSSR count). The first-order valence-corrected chi connectivity index (χ1v) is 5.95. The zero-order valence-electron chi connectivity index (χ0n) is 11.8. The third-order valence-electron chi connectivity index (χ3n) is 2.54. The summed E-state index contributed by atoms with van der Waals surface area (Å²) in [6.45, 7) is -0.736. The van der Waals surface area contributed by atoms with Crippen LogP contribution in [0.4, 0.5) is 0 Å². The van der Waals surface area contributed by atoms with Crippen LogP contribution >= 0.6 is 0 Å². The van der Waals surface area contributed by atoms with Gasteiger partial charge in [-0.25, -0.2) is 0 Å². The van der Waals surface area contributed by atoms with Gasteiger partial charge < -0.3 is 20.4 Å². The van der Waals surface area contributed by atoms with Crippen molar-refractivity contribution in [2.75, 3.05) is 32.7 Å². The smallest absolute Gasteiger partial charge is 0.480 e. The molecule has 125 valence electrons. The van der Waals surface area contributed by atoms with E-state index in [2.05, 4.69) is 0 Å². The SMILES string of the molecule is CC(CN(CC(=O)O)CC(=O)O)N(CC(=O)O)CC(=O)O.[Mn+2]. The largest absolute Gasteiger partial charge is 2.00 e. The van der Waals surface area contributed by atoms with Crippen molar-refractivity contribution >= 4 is 23.9 Å². The van der Waals surface area contributed by atoms with Gasteiger partial charge in [-0.2, -0.15) is 0 Å². The summed E-state index contributed by atoms with van der Waals surface area (Å²) in [5, 5.41) is 34.9. The summed E-state index contributed by atoms with van der Waals surface area (Å²) in [5.74, 6) is -4.92. The molecule has 0 saturated heterocycles. The minimum atomic E-state index is -1.23. The number of carboxylic acids is 4. The number of nitrogens with zero attached hydrogens (tertiary/aromatic N) is 2. The van der Waals surface area contributed by atoms with Gasteiger partial charge in [0.1, 0.15) is 0 Å². The summed E-state index contributed by atoms with van der Waals surface area (Å²) < 4.78 is 0. The van der Waals surface area contributed by atoms with Gasteiger partial charge in [0, 0.05) is 12.6 Å². The number of rotatable bonds is 11. The molecule has 0 aliphatic carbocycles. The van der Waals surface area contributed by atoms with Gasteiger partial charge in [-0.1, -0.05) is 0 Å². The van der Waals surface area contributed by atoms with Crippen LogP contribution in [0.2, 0.25) is 0 Å². The molecule has 0 heterocycles. The van der Waals surface area contributed by atoms with E-state index in [1.165, 1.54) is 6.92 Å². The average molecular weight is 361 g/mol. The molecule has 1 radical (unpaired) electrons. The molecule has 0 aliphatic heterocycles. The Morgan fingerprint density at radius 1 is 0.773 bits per heavy atom. The van der Waals surface area contributed by atoms with Gasteiger partial charge in [0.25, 0.3) is 0 Å². The molecular formula is C11H18MnN2O8+2. The van der Waals surface area contributed by atoms with Crippen molar-refractivity contribution in [2.24, 2.45) is 0 Å². The van der Waals surface area contributed by atoms with Crippen LogP contribution in [0.1, 0.15) is 6.92 Å². The molecule has 0 fully saturated rings. The van der Waals surface area contributed by atoms with E-state index in [0.717, 1.165) is 9.80 Å². The van der Waals surface area contributed by atoms with E-state index in [1.807, 2.05) is 0 Å². The van der Waals surface area contributed by atoms with E-state index >= 15 is 0 Å². The van der Waals surface area contributed by atoms with E-state index in [4.69, 9.17) is 20.4 Å². The van der Waals surface area contributed by atoms with Crippen molar-refractivity contribution in [1.29, 1.82) is 0 Å². The van der Waals surface area contributed by atoms with Crippen LogP contribution in [-0.4, -0.2) is 92.9 Å². The second kappa shape index (κ2) is 11.0. The topological polar surface area (TPSA) is 156 Å². The Bertz CT molecular complexity index is 385. The second-order valence-corrected chi connectivity index (χ2v) is 4.50. The molecule has 0 amide bonds. The molecule has 4 N–H and O–H groups in total. The Balaban J connectivity index is 0. The van der Waals surface area contributed by atoms with Crippen molar-refractivity contribution in [2.45, 2.75) is 13.0 Å². The predicted octanol–water partition coefficient (Wildman–Crippen LogP) is -1.69. The summed E-state index contributed by atoms with van der Waals surface area (Å²) in [4.78, 5) is 44.9. The number of carboxylic acid groups (broad SMARTS) is 4. The molecule has 1 unspecified atom stereocenters. The van der Waals surface area contributed by atoms with E-state index < -0.39 is 56.1 Å². The fourth-order valence-corrected chi connectivity index (χ4v) is 1.77. The number of aliphatic carboxylic acids is 4. The maximum absolute atomic E-state index is 10.7. The van der Waals surface area contributed by atoms with Crippen LogP contribution in [0, 0.1) is 0 Å². The molecule has 0 bridgehead atoms. The fourth-order valence-electron chi connectivity index (χ4n) is 1.77. The molecule has 0 saturated carbocycles. The van der Waals surface area contributed by atoms with E-state index in [1.54, 1.807) is 0 Å². The third-order valence-corrected chi connectivity index (χ3v) is 2.54. The van der Waals surface area contributed by atoms with Gasteiger partial charge >= 0.3 is 40.9 Å². The normalized spacial score (nSPS) is 11.8. The fraction of sp³-hybridized carbons (Fsp3) is 0.636. The standard InChI is InChI=1S/C11H18N2O8.Mn/c1-7(13(5-10(18)19)6-11(20)21)2-12(3-8(14)15)4-9(16)17;/h7H,2-6H2,1H3,(H,14,15)(H,16,17)(H,18,19)(H,20,21);/q;+2. The monoisotopic (exact) mass is 361 g/mol. The molecule has 0 aromatic carbocycles. The van der Waals surface area contributed by atoms with Crippen LogP contribution in [0.25, 0.3) is 0 Å². The second-order valence-electron chi connectivity index (χ2n) is 4.50. The van der Waals surface area contributed by atoms with Crippen molar-refractivity contribution in [3.05, 3.63) is 0 Å². The molecule has 0 spiro atoms. The summed E-state index contributed by atoms with van der Waals surface area (Å²) in [7, 11) is 0. The van der Waals surface area contributed by atoms with Crippen LogP contribution < -0.4 is 0 Å². The summed E-state index contributed by atoms with van der Waals surface area (Å²) in [6.07, 6.45) is 0.